The molecule has 0 spiro atoms. The average molecular weight is 540 g/mol. The molecule has 2 heterocycles. The molecule has 2 fully saturated rings. The number of nitrogens with one attached hydrogen (secondary N) is 1. The molecular weight excluding hydrogens is 514 g/mol. The number of alkyl carbamates (subject to hydrolysis) is 1. The minimum absolute atomic E-state index is 0.0378. The highest BCUT2D eigenvalue weighted by Crippen LogP contribution is 2.37. The molecule has 192 valence electrons. The summed E-state index contributed by atoms with van der Waals surface area (Å²) >= 11 is 6.24. The Labute approximate surface area is 220 Å². The van der Waals surface area contributed by atoms with Crippen LogP contribution in [0.4, 0.5) is 10.6 Å². The van der Waals surface area contributed by atoms with E-state index in [2.05, 4.69) is 16.5 Å². The number of aromatic nitrogens is 2. The Balaban J connectivity index is 1.47. The quantitative estimate of drug-likeness (QED) is 0.481. The van der Waals surface area contributed by atoms with Crippen molar-refractivity contribution in [3.05, 3.63) is 76.9 Å². The van der Waals surface area contributed by atoms with Crippen LogP contribution in [0.25, 0.3) is 0 Å². The summed E-state index contributed by atoms with van der Waals surface area (Å²) in [5, 5.41) is 15.8. The largest absolute Gasteiger partial charge is 0.425 e. The molecule has 1 amide bonds. The molecule has 1 N–H and O–H groups in total. The second kappa shape index (κ2) is 9.72. The van der Waals surface area contributed by atoms with E-state index in [0.29, 0.717) is 25.2 Å². The molecule has 1 saturated carbocycles. The third-order valence-electron chi connectivity index (χ3n) is 6.69. The maximum absolute atomic E-state index is 13.6. The van der Waals surface area contributed by atoms with Gasteiger partial charge in [0, 0.05) is 19.0 Å². The third kappa shape index (κ3) is 5.15. The van der Waals surface area contributed by atoms with Crippen LogP contribution in [0.15, 0.2) is 65.6 Å². The molecule has 1 aliphatic carbocycles. The monoisotopic (exact) mass is 539 g/mol. The summed E-state index contributed by atoms with van der Waals surface area (Å²) in [6.07, 6.45) is -0.493. The highest BCUT2D eigenvalue weighted by Gasteiger charge is 2.47. The van der Waals surface area contributed by atoms with Crippen LogP contribution in [-0.4, -0.2) is 47.9 Å². The van der Waals surface area contributed by atoms with Crippen molar-refractivity contribution in [2.75, 3.05) is 11.4 Å². The first-order chi connectivity index (χ1) is 17.7. The fourth-order valence-electron chi connectivity index (χ4n) is 4.57. The number of halogens is 1. The molecule has 11 heteroatoms. The second-order valence-corrected chi connectivity index (χ2v) is 12.1. The van der Waals surface area contributed by atoms with E-state index in [0.717, 1.165) is 11.3 Å². The molecule has 1 saturated heterocycles. The number of anilines is 1. The van der Waals surface area contributed by atoms with Gasteiger partial charge in [0.05, 0.1) is 33.5 Å². The van der Waals surface area contributed by atoms with Crippen LogP contribution < -0.4 is 10.2 Å². The van der Waals surface area contributed by atoms with Gasteiger partial charge in [-0.3, -0.25) is 0 Å². The van der Waals surface area contributed by atoms with Crippen molar-refractivity contribution in [2.24, 2.45) is 0 Å². The SMILES string of the molecule is Cc1cc(N2C[C@H](S(=O)(=O)c3ccccc3Cl)C[C@@H]2OC(=O)NC2(C#N)CC2)n(Cc2ccccc2)n1. The lowest BCUT2D eigenvalue weighted by molar-refractivity contribution is 0.0995. The van der Waals surface area contributed by atoms with Crippen molar-refractivity contribution in [3.8, 4) is 6.07 Å². The van der Waals surface area contributed by atoms with Gasteiger partial charge in [-0.25, -0.2) is 17.9 Å². The number of ether oxygens (including phenoxy) is 1. The van der Waals surface area contributed by atoms with Crippen LogP contribution in [0.2, 0.25) is 5.02 Å². The van der Waals surface area contributed by atoms with E-state index in [1.54, 1.807) is 21.7 Å². The zero-order valence-electron chi connectivity index (χ0n) is 20.2. The number of sulfone groups is 1. The molecular formula is C26H26ClN5O4S. The van der Waals surface area contributed by atoms with E-state index in [9.17, 15) is 18.5 Å². The topological polar surface area (TPSA) is 117 Å². The van der Waals surface area contributed by atoms with Crippen molar-refractivity contribution in [1.29, 1.82) is 5.26 Å². The Morgan fingerprint density at radius 1 is 1.22 bits per heavy atom. The van der Waals surface area contributed by atoms with Crippen LogP contribution in [0.1, 0.15) is 30.5 Å². The van der Waals surface area contributed by atoms with Gasteiger partial charge in [0.25, 0.3) is 0 Å². The second-order valence-electron chi connectivity index (χ2n) is 9.45. The molecule has 5 rings (SSSR count). The van der Waals surface area contributed by atoms with E-state index in [1.165, 1.54) is 12.1 Å². The summed E-state index contributed by atoms with van der Waals surface area (Å²) in [5.41, 5.74) is 0.856. The minimum atomic E-state index is -3.84. The van der Waals surface area contributed by atoms with Crippen LogP contribution in [-0.2, 0) is 21.1 Å². The predicted molar refractivity (Wildman–Crippen MR) is 138 cm³/mol. The number of hydrogen-bond donors (Lipinski definition) is 1. The van der Waals surface area contributed by atoms with Crippen molar-refractivity contribution in [2.45, 2.75) is 54.6 Å². The molecule has 0 radical (unpaired) electrons. The first kappa shape index (κ1) is 25.1. The number of aryl methyl sites for hydroxylation is 1. The molecule has 0 unspecified atom stereocenters. The van der Waals surface area contributed by atoms with Gasteiger partial charge in [-0.15, -0.1) is 0 Å². The lowest BCUT2D eigenvalue weighted by Crippen LogP contribution is -2.42. The standard InChI is InChI=1S/C26H26ClN5O4S/c1-18-13-23(32(30-18)15-19-7-3-2-4-8-19)31-16-20(37(34,35)22-10-6-5-9-21(22)27)14-24(31)36-25(33)29-26(17-28)11-12-26/h2-10,13,20,24H,11-12,14-16H2,1H3,(H,29,33)/t20-,24+/m1/s1. The fourth-order valence-corrected chi connectivity index (χ4v) is 6.77. The van der Waals surface area contributed by atoms with Gasteiger partial charge in [-0.2, -0.15) is 10.4 Å². The Morgan fingerprint density at radius 3 is 2.59 bits per heavy atom. The van der Waals surface area contributed by atoms with Crippen molar-refractivity contribution < 1.29 is 17.9 Å². The normalized spacial score (nSPS) is 20.3. The Hall–Kier alpha value is -3.55. The van der Waals surface area contributed by atoms with E-state index in [-0.39, 0.29) is 22.9 Å². The van der Waals surface area contributed by atoms with Gasteiger partial charge in [-0.1, -0.05) is 54.1 Å². The van der Waals surface area contributed by atoms with Crippen LogP contribution in [0.5, 0.6) is 0 Å². The molecule has 2 aromatic carbocycles. The smallest absolute Gasteiger partial charge is 0.410 e. The van der Waals surface area contributed by atoms with Crippen molar-refractivity contribution >= 4 is 33.3 Å². The number of nitrogens with zero attached hydrogens (tertiary/aromatic N) is 4. The van der Waals surface area contributed by atoms with Gasteiger partial charge in [0.15, 0.2) is 16.1 Å². The first-order valence-electron chi connectivity index (χ1n) is 11.9. The zero-order chi connectivity index (χ0) is 26.2. The zero-order valence-corrected chi connectivity index (χ0v) is 21.7. The number of carbonyl (C=O) groups excluding carboxylic acids is 1. The Morgan fingerprint density at radius 2 is 1.92 bits per heavy atom. The molecule has 1 aromatic heterocycles. The van der Waals surface area contributed by atoms with Gasteiger partial charge in [0.1, 0.15) is 11.4 Å². The molecule has 1 aliphatic heterocycles. The van der Waals surface area contributed by atoms with E-state index < -0.39 is 32.9 Å². The summed E-state index contributed by atoms with van der Waals surface area (Å²) in [4.78, 5) is 14.5. The summed E-state index contributed by atoms with van der Waals surface area (Å²) in [5.74, 6) is 0.637. The van der Waals surface area contributed by atoms with Gasteiger partial charge >= 0.3 is 6.09 Å². The van der Waals surface area contributed by atoms with Crippen molar-refractivity contribution in [3.63, 3.8) is 0 Å². The summed E-state index contributed by atoms with van der Waals surface area (Å²) in [6, 6.07) is 20.0. The number of benzene rings is 2. The summed E-state index contributed by atoms with van der Waals surface area (Å²) in [6.45, 7) is 2.39. The van der Waals surface area contributed by atoms with Crippen LogP contribution >= 0.6 is 11.6 Å². The van der Waals surface area contributed by atoms with Gasteiger partial charge in [0.2, 0.25) is 0 Å². The molecule has 2 atom stereocenters. The highest BCUT2D eigenvalue weighted by molar-refractivity contribution is 7.92. The fraction of sp³-hybridized carbons (Fsp3) is 0.346. The number of nitriles is 1. The lowest BCUT2D eigenvalue weighted by Gasteiger charge is -2.27. The lowest BCUT2D eigenvalue weighted by atomic mass is 10.2. The summed E-state index contributed by atoms with van der Waals surface area (Å²) in [7, 11) is -3.84. The van der Waals surface area contributed by atoms with Crippen molar-refractivity contribution in [1.82, 2.24) is 15.1 Å². The number of carbonyl (C=O) groups is 1. The first-order valence-corrected chi connectivity index (χ1v) is 13.9. The summed E-state index contributed by atoms with van der Waals surface area (Å²) < 4.78 is 34.7. The Kier molecular flexibility index (Phi) is 6.60. The number of amides is 1. The number of hydrogen-bond acceptors (Lipinski definition) is 7. The van der Waals surface area contributed by atoms with Crippen LogP contribution in [0.3, 0.4) is 0 Å². The van der Waals surface area contributed by atoms with E-state index in [4.69, 9.17) is 16.3 Å². The molecule has 9 nitrogen and oxygen atoms in total. The van der Waals surface area contributed by atoms with E-state index >= 15 is 0 Å². The predicted octanol–water partition coefficient (Wildman–Crippen LogP) is 4.05. The maximum Gasteiger partial charge on any atom is 0.410 e. The molecule has 3 aromatic rings. The maximum atomic E-state index is 13.6. The van der Waals surface area contributed by atoms with Gasteiger partial charge < -0.3 is 15.0 Å². The minimum Gasteiger partial charge on any atom is -0.425 e. The number of rotatable bonds is 7. The molecule has 0 bridgehead atoms. The van der Waals surface area contributed by atoms with E-state index in [1.807, 2.05) is 43.3 Å². The Bertz CT molecular complexity index is 1460. The molecule has 2 aliphatic rings. The van der Waals surface area contributed by atoms with Gasteiger partial charge in [-0.05, 0) is 37.5 Å². The van der Waals surface area contributed by atoms with Crippen LogP contribution in [0, 0.1) is 18.3 Å². The third-order valence-corrected chi connectivity index (χ3v) is 9.32. The molecule has 37 heavy (non-hydrogen) atoms. The average Bonchev–Trinajstić information content (AvgIpc) is 3.36. The highest BCUT2D eigenvalue weighted by atomic mass is 35.5.